The van der Waals surface area contributed by atoms with Gasteiger partial charge in [-0.25, -0.2) is 4.79 Å². The molecule has 5 heteroatoms. The number of urea groups is 1. The van der Waals surface area contributed by atoms with Crippen molar-refractivity contribution in [3.05, 3.63) is 35.9 Å². The maximum absolute atomic E-state index is 11.6. The number of rotatable bonds is 8. The summed E-state index contributed by atoms with van der Waals surface area (Å²) in [4.78, 5) is 11.6. The van der Waals surface area contributed by atoms with E-state index >= 15 is 0 Å². The Kier molecular flexibility index (Phi) is 7.04. The van der Waals surface area contributed by atoms with Crippen LogP contribution in [0.15, 0.2) is 30.3 Å². The lowest BCUT2D eigenvalue weighted by Crippen LogP contribution is -2.43. The van der Waals surface area contributed by atoms with Crippen molar-refractivity contribution in [1.29, 1.82) is 0 Å². The number of unbranched alkanes of at least 4 members (excludes halogenated alkanes) is 1. The van der Waals surface area contributed by atoms with Gasteiger partial charge in [-0.1, -0.05) is 30.3 Å². The van der Waals surface area contributed by atoms with Crippen LogP contribution in [-0.2, 0) is 10.3 Å². The molecular weight excluding hydrogens is 256 g/mol. The highest BCUT2D eigenvalue weighted by Crippen LogP contribution is 2.18. The van der Waals surface area contributed by atoms with Crippen molar-refractivity contribution in [1.82, 2.24) is 10.6 Å². The minimum absolute atomic E-state index is 0.168. The van der Waals surface area contributed by atoms with E-state index in [1.807, 2.05) is 30.3 Å². The zero-order valence-electron chi connectivity index (χ0n) is 12.2. The zero-order valence-corrected chi connectivity index (χ0v) is 12.2. The van der Waals surface area contributed by atoms with E-state index in [4.69, 9.17) is 4.74 Å². The van der Waals surface area contributed by atoms with Gasteiger partial charge in [-0.2, -0.15) is 0 Å². The fourth-order valence-corrected chi connectivity index (χ4v) is 1.79. The lowest BCUT2D eigenvalue weighted by molar-refractivity contribution is 0.0594. The summed E-state index contributed by atoms with van der Waals surface area (Å²) in [6.45, 7) is 3.15. The van der Waals surface area contributed by atoms with Crippen molar-refractivity contribution in [2.24, 2.45) is 0 Å². The van der Waals surface area contributed by atoms with Gasteiger partial charge in [0.2, 0.25) is 0 Å². The van der Waals surface area contributed by atoms with Crippen molar-refractivity contribution in [2.75, 3.05) is 26.8 Å². The Bertz CT molecular complexity index is 393. The third kappa shape index (κ3) is 6.04. The fourth-order valence-electron chi connectivity index (χ4n) is 1.79. The van der Waals surface area contributed by atoms with Crippen LogP contribution in [0.3, 0.4) is 0 Å². The van der Waals surface area contributed by atoms with Crippen LogP contribution in [0.5, 0.6) is 0 Å². The SMILES string of the molecule is COCCCCNC(=O)NC[C@](C)(O)c1ccccc1. The lowest BCUT2D eigenvalue weighted by atomic mass is 9.96. The van der Waals surface area contributed by atoms with Crippen molar-refractivity contribution >= 4 is 6.03 Å². The molecule has 0 bridgehead atoms. The first-order valence-corrected chi connectivity index (χ1v) is 6.85. The maximum Gasteiger partial charge on any atom is 0.314 e. The minimum atomic E-state index is -1.07. The summed E-state index contributed by atoms with van der Waals surface area (Å²) < 4.78 is 4.93. The summed E-state index contributed by atoms with van der Waals surface area (Å²) in [5.41, 5.74) is -0.297. The van der Waals surface area contributed by atoms with Crippen LogP contribution in [0.25, 0.3) is 0 Å². The molecule has 0 radical (unpaired) electrons. The van der Waals surface area contributed by atoms with Crippen LogP contribution in [0.4, 0.5) is 4.79 Å². The van der Waals surface area contributed by atoms with Crippen molar-refractivity contribution < 1.29 is 14.6 Å². The monoisotopic (exact) mass is 280 g/mol. The fraction of sp³-hybridized carbons (Fsp3) is 0.533. The molecule has 0 saturated carbocycles. The molecule has 0 fully saturated rings. The molecule has 0 unspecified atom stereocenters. The third-order valence-electron chi connectivity index (χ3n) is 3.05. The van der Waals surface area contributed by atoms with Gasteiger partial charge in [0.25, 0.3) is 0 Å². The number of aliphatic hydroxyl groups is 1. The Morgan fingerprint density at radius 3 is 2.60 bits per heavy atom. The molecule has 0 aliphatic rings. The highest BCUT2D eigenvalue weighted by atomic mass is 16.5. The normalized spacial score (nSPS) is 13.6. The topological polar surface area (TPSA) is 70.6 Å². The number of nitrogens with one attached hydrogen (secondary N) is 2. The summed E-state index contributed by atoms with van der Waals surface area (Å²) in [6.07, 6.45) is 1.79. The number of methoxy groups -OCH3 is 1. The average Bonchev–Trinajstić information content (AvgIpc) is 2.46. The summed E-state index contributed by atoms with van der Waals surface area (Å²) >= 11 is 0. The summed E-state index contributed by atoms with van der Waals surface area (Å²) in [6, 6.07) is 9.02. The molecular formula is C15H24N2O3. The summed E-state index contributed by atoms with van der Waals surface area (Å²) in [5, 5.41) is 15.7. The molecule has 3 N–H and O–H groups in total. The number of carbonyl (C=O) groups excluding carboxylic acids is 1. The summed E-state index contributed by atoms with van der Waals surface area (Å²) in [5.74, 6) is 0. The average molecular weight is 280 g/mol. The van der Waals surface area contributed by atoms with Gasteiger partial charge in [-0.05, 0) is 25.3 Å². The van der Waals surface area contributed by atoms with E-state index in [2.05, 4.69) is 10.6 Å². The molecule has 0 heterocycles. The summed E-state index contributed by atoms with van der Waals surface area (Å²) in [7, 11) is 1.66. The largest absolute Gasteiger partial charge is 0.385 e. The lowest BCUT2D eigenvalue weighted by Gasteiger charge is -2.24. The predicted octanol–water partition coefficient (Wildman–Crippen LogP) is 1.62. The molecule has 1 aromatic rings. The van der Waals surface area contributed by atoms with Crippen molar-refractivity contribution in [2.45, 2.75) is 25.4 Å². The molecule has 5 nitrogen and oxygen atoms in total. The van der Waals surface area contributed by atoms with E-state index in [9.17, 15) is 9.90 Å². The van der Waals surface area contributed by atoms with Gasteiger partial charge in [0, 0.05) is 20.3 Å². The first kappa shape index (κ1) is 16.5. The highest BCUT2D eigenvalue weighted by Gasteiger charge is 2.23. The van der Waals surface area contributed by atoms with Crippen molar-refractivity contribution in [3.63, 3.8) is 0 Å². The van der Waals surface area contributed by atoms with E-state index in [-0.39, 0.29) is 12.6 Å². The Morgan fingerprint density at radius 1 is 1.25 bits per heavy atom. The molecule has 0 spiro atoms. The minimum Gasteiger partial charge on any atom is -0.385 e. The number of amides is 2. The zero-order chi connectivity index (χ0) is 14.8. The highest BCUT2D eigenvalue weighted by molar-refractivity contribution is 5.73. The first-order valence-electron chi connectivity index (χ1n) is 6.85. The van der Waals surface area contributed by atoms with Crippen molar-refractivity contribution in [3.8, 4) is 0 Å². The maximum atomic E-state index is 11.6. The second-order valence-electron chi connectivity index (χ2n) is 4.95. The molecule has 20 heavy (non-hydrogen) atoms. The number of benzene rings is 1. The Morgan fingerprint density at radius 2 is 1.95 bits per heavy atom. The second-order valence-corrected chi connectivity index (χ2v) is 4.95. The molecule has 0 aliphatic carbocycles. The molecule has 0 aromatic heterocycles. The van der Waals surface area contributed by atoms with Crippen LogP contribution >= 0.6 is 0 Å². The van der Waals surface area contributed by atoms with Crippen LogP contribution in [0.1, 0.15) is 25.3 Å². The second kappa shape index (κ2) is 8.55. The van der Waals surface area contributed by atoms with Gasteiger partial charge in [0.1, 0.15) is 5.60 Å². The van der Waals surface area contributed by atoms with Gasteiger partial charge in [0.15, 0.2) is 0 Å². The first-order chi connectivity index (χ1) is 9.56. The Balaban J connectivity index is 2.26. The number of ether oxygens (including phenoxy) is 1. The smallest absolute Gasteiger partial charge is 0.314 e. The van der Waals surface area contributed by atoms with Gasteiger partial charge in [-0.3, -0.25) is 0 Å². The van der Waals surface area contributed by atoms with Gasteiger partial charge in [-0.15, -0.1) is 0 Å². The molecule has 1 aromatic carbocycles. The van der Waals surface area contributed by atoms with Crippen LogP contribution < -0.4 is 10.6 Å². The van der Waals surface area contributed by atoms with E-state index in [1.54, 1.807) is 14.0 Å². The van der Waals surface area contributed by atoms with Crippen LogP contribution in [-0.4, -0.2) is 37.9 Å². The van der Waals surface area contributed by atoms with Crippen LogP contribution in [0, 0.1) is 0 Å². The Hall–Kier alpha value is -1.59. The predicted molar refractivity (Wildman–Crippen MR) is 78.5 cm³/mol. The molecule has 0 aliphatic heterocycles. The number of carbonyl (C=O) groups is 1. The molecule has 1 atom stereocenters. The quantitative estimate of drug-likeness (QED) is 0.634. The van der Waals surface area contributed by atoms with Gasteiger partial charge in [0.05, 0.1) is 6.54 Å². The van der Waals surface area contributed by atoms with E-state index in [0.29, 0.717) is 13.2 Å². The third-order valence-corrected chi connectivity index (χ3v) is 3.05. The molecule has 0 saturated heterocycles. The van der Waals surface area contributed by atoms with E-state index < -0.39 is 5.60 Å². The molecule has 112 valence electrons. The number of hydrogen-bond acceptors (Lipinski definition) is 3. The Labute approximate surface area is 120 Å². The van der Waals surface area contributed by atoms with Gasteiger partial charge >= 0.3 is 6.03 Å². The number of hydrogen-bond donors (Lipinski definition) is 3. The van der Waals surface area contributed by atoms with E-state index in [0.717, 1.165) is 18.4 Å². The van der Waals surface area contributed by atoms with Crippen LogP contribution in [0.2, 0.25) is 0 Å². The molecule has 2 amide bonds. The standard InChI is InChI=1S/C15H24N2O3/c1-15(19,13-8-4-3-5-9-13)12-17-14(18)16-10-6-7-11-20-2/h3-5,8-9,19H,6-7,10-12H2,1-2H3,(H2,16,17,18)/t15-/m0/s1. The van der Waals surface area contributed by atoms with Gasteiger partial charge < -0.3 is 20.5 Å². The van der Waals surface area contributed by atoms with E-state index in [1.165, 1.54) is 0 Å². The molecule has 1 rings (SSSR count).